The van der Waals surface area contributed by atoms with Gasteiger partial charge in [-0.2, -0.15) is 0 Å². The van der Waals surface area contributed by atoms with Crippen LogP contribution >= 0.6 is 0 Å². The Morgan fingerprint density at radius 3 is 2.29 bits per heavy atom. The molecule has 0 atom stereocenters. The highest BCUT2D eigenvalue weighted by Crippen LogP contribution is 2.24. The number of carbonyl (C=O) groups is 1. The Labute approximate surface area is 167 Å². The number of aryl methyl sites for hydroxylation is 2. The van der Waals surface area contributed by atoms with Crippen LogP contribution < -0.4 is 0 Å². The zero-order chi connectivity index (χ0) is 20.1. The number of benzene rings is 2. The quantitative estimate of drug-likeness (QED) is 0.553. The van der Waals surface area contributed by atoms with E-state index < -0.39 is 0 Å². The Kier molecular flexibility index (Phi) is 6.30. The van der Waals surface area contributed by atoms with Crippen LogP contribution in [0, 0.1) is 13.8 Å². The van der Waals surface area contributed by atoms with Crippen LogP contribution in [0.1, 0.15) is 48.3 Å². The van der Waals surface area contributed by atoms with E-state index in [4.69, 9.17) is 0 Å². The van der Waals surface area contributed by atoms with E-state index in [-0.39, 0.29) is 5.91 Å². The van der Waals surface area contributed by atoms with Crippen LogP contribution in [-0.2, 0) is 0 Å². The van der Waals surface area contributed by atoms with Crippen LogP contribution in [0.2, 0.25) is 0 Å². The topological polar surface area (TPSA) is 38.1 Å². The van der Waals surface area contributed by atoms with Crippen molar-refractivity contribution >= 4 is 5.91 Å². The predicted octanol–water partition coefficient (Wildman–Crippen LogP) is 5.42. The third kappa shape index (κ3) is 4.33. The summed E-state index contributed by atoms with van der Waals surface area (Å²) >= 11 is 0. The number of rotatable bonds is 7. The first-order valence-corrected chi connectivity index (χ1v) is 10.0. The summed E-state index contributed by atoms with van der Waals surface area (Å²) in [6.45, 7) is 9.88. The molecule has 4 nitrogen and oxygen atoms in total. The molecule has 0 aliphatic carbocycles. The summed E-state index contributed by atoms with van der Waals surface area (Å²) in [6.07, 6.45) is 5.46. The van der Waals surface area contributed by atoms with Gasteiger partial charge in [0.2, 0.25) is 0 Å². The number of amides is 1. The third-order valence-corrected chi connectivity index (χ3v) is 5.01. The molecule has 0 fully saturated rings. The second-order valence-electron chi connectivity index (χ2n) is 7.31. The minimum Gasteiger partial charge on any atom is -0.338 e. The van der Waals surface area contributed by atoms with Gasteiger partial charge in [0, 0.05) is 18.8 Å². The zero-order valence-corrected chi connectivity index (χ0v) is 17.3. The van der Waals surface area contributed by atoms with Gasteiger partial charge in [0.05, 0.1) is 12.5 Å². The summed E-state index contributed by atoms with van der Waals surface area (Å²) < 4.78 is 1.88. The number of hydrogen-bond donors (Lipinski definition) is 0. The molecule has 0 spiro atoms. The van der Waals surface area contributed by atoms with Gasteiger partial charge in [0.1, 0.15) is 5.69 Å². The van der Waals surface area contributed by atoms with Gasteiger partial charge in [-0.15, -0.1) is 0 Å². The van der Waals surface area contributed by atoms with Crippen LogP contribution in [0.5, 0.6) is 0 Å². The van der Waals surface area contributed by atoms with Crippen molar-refractivity contribution in [3.63, 3.8) is 0 Å². The van der Waals surface area contributed by atoms with Crippen molar-refractivity contribution in [1.82, 2.24) is 14.5 Å². The molecule has 2 aromatic carbocycles. The van der Waals surface area contributed by atoms with Gasteiger partial charge < -0.3 is 4.90 Å². The predicted molar refractivity (Wildman–Crippen MR) is 115 cm³/mol. The molecule has 146 valence electrons. The molecule has 28 heavy (non-hydrogen) atoms. The first kappa shape index (κ1) is 19.9. The van der Waals surface area contributed by atoms with Gasteiger partial charge >= 0.3 is 0 Å². The number of carbonyl (C=O) groups excluding carboxylic acids is 1. The molecule has 1 amide bonds. The maximum atomic E-state index is 13.0. The van der Waals surface area contributed by atoms with Crippen molar-refractivity contribution in [3.8, 4) is 16.8 Å². The minimum atomic E-state index is 0.0341. The number of unbranched alkanes of at least 4 members (excludes halogenated alkanes) is 1. The standard InChI is InChI=1S/C24H29N3O/c1-5-7-12-26(6-2)24(28)23-16-25-17-27(23)22-10-8-20(9-11-22)21-14-18(3)13-19(4)15-21/h8-11,13-17H,5-7,12H2,1-4H3. The molecule has 3 rings (SSSR count). The highest BCUT2D eigenvalue weighted by atomic mass is 16.2. The summed E-state index contributed by atoms with van der Waals surface area (Å²) in [5.74, 6) is 0.0341. The fraction of sp³-hybridized carbons (Fsp3) is 0.333. The third-order valence-electron chi connectivity index (χ3n) is 5.01. The average Bonchev–Trinajstić information content (AvgIpc) is 3.17. The van der Waals surface area contributed by atoms with E-state index in [1.165, 1.54) is 22.3 Å². The van der Waals surface area contributed by atoms with Gasteiger partial charge in [0.15, 0.2) is 0 Å². The minimum absolute atomic E-state index is 0.0341. The Morgan fingerprint density at radius 1 is 1.00 bits per heavy atom. The van der Waals surface area contributed by atoms with E-state index >= 15 is 0 Å². The molecule has 0 radical (unpaired) electrons. The lowest BCUT2D eigenvalue weighted by Crippen LogP contribution is -2.33. The second-order valence-corrected chi connectivity index (χ2v) is 7.31. The van der Waals surface area contributed by atoms with Crippen molar-refractivity contribution < 1.29 is 4.79 Å². The molecule has 0 saturated carbocycles. The van der Waals surface area contributed by atoms with Gasteiger partial charge in [-0.25, -0.2) is 4.98 Å². The van der Waals surface area contributed by atoms with Gasteiger partial charge in [-0.3, -0.25) is 9.36 Å². The first-order chi connectivity index (χ1) is 13.5. The first-order valence-electron chi connectivity index (χ1n) is 10.0. The van der Waals surface area contributed by atoms with Crippen LogP contribution in [0.25, 0.3) is 16.8 Å². The molecule has 0 saturated heterocycles. The van der Waals surface area contributed by atoms with Crippen LogP contribution in [-0.4, -0.2) is 33.4 Å². The normalized spacial score (nSPS) is 10.9. The summed E-state index contributed by atoms with van der Waals surface area (Å²) in [5, 5.41) is 0. The Hall–Kier alpha value is -2.88. The molecule has 0 N–H and O–H groups in total. The molecule has 0 bridgehead atoms. The van der Waals surface area contributed by atoms with Crippen molar-refractivity contribution in [2.45, 2.75) is 40.5 Å². The Bertz CT molecular complexity index is 920. The lowest BCUT2D eigenvalue weighted by Gasteiger charge is -2.21. The molecule has 0 unspecified atom stereocenters. The fourth-order valence-corrected chi connectivity index (χ4v) is 3.53. The second kappa shape index (κ2) is 8.87. The molecule has 0 aliphatic rings. The molecule has 1 aromatic heterocycles. The highest BCUT2D eigenvalue weighted by Gasteiger charge is 2.18. The average molecular weight is 376 g/mol. The maximum Gasteiger partial charge on any atom is 0.272 e. The van der Waals surface area contributed by atoms with E-state index in [0.717, 1.165) is 25.1 Å². The Morgan fingerprint density at radius 2 is 1.68 bits per heavy atom. The summed E-state index contributed by atoms with van der Waals surface area (Å²) in [7, 11) is 0. The van der Waals surface area contributed by atoms with Crippen molar-refractivity contribution in [2.24, 2.45) is 0 Å². The lowest BCUT2D eigenvalue weighted by atomic mass is 10.0. The number of hydrogen-bond acceptors (Lipinski definition) is 2. The molecule has 3 aromatic rings. The molecule has 0 aliphatic heterocycles. The molecular formula is C24H29N3O. The SMILES string of the molecule is CCCCN(CC)C(=O)c1cncn1-c1ccc(-c2cc(C)cc(C)c2)cc1. The van der Waals surface area contributed by atoms with Crippen LogP contribution in [0.15, 0.2) is 55.0 Å². The summed E-state index contributed by atoms with van der Waals surface area (Å²) in [4.78, 5) is 19.1. The fourth-order valence-electron chi connectivity index (χ4n) is 3.53. The largest absolute Gasteiger partial charge is 0.338 e. The number of nitrogens with zero attached hydrogens (tertiary/aromatic N) is 3. The highest BCUT2D eigenvalue weighted by molar-refractivity contribution is 5.93. The van der Waals surface area contributed by atoms with E-state index in [2.05, 4.69) is 56.1 Å². The van der Waals surface area contributed by atoms with Crippen molar-refractivity contribution in [1.29, 1.82) is 0 Å². The number of imidazole rings is 1. The molecule has 4 heteroatoms. The summed E-state index contributed by atoms with van der Waals surface area (Å²) in [6, 6.07) is 14.9. The van der Waals surface area contributed by atoms with E-state index in [1.807, 2.05) is 28.5 Å². The monoisotopic (exact) mass is 375 g/mol. The summed E-state index contributed by atoms with van der Waals surface area (Å²) in [5.41, 5.74) is 6.45. The maximum absolute atomic E-state index is 13.0. The van der Waals surface area contributed by atoms with Gasteiger partial charge in [0.25, 0.3) is 5.91 Å². The Balaban J connectivity index is 1.87. The smallest absolute Gasteiger partial charge is 0.272 e. The van der Waals surface area contributed by atoms with Gasteiger partial charge in [-0.05, 0) is 50.5 Å². The van der Waals surface area contributed by atoms with Crippen LogP contribution in [0.4, 0.5) is 0 Å². The van der Waals surface area contributed by atoms with E-state index in [9.17, 15) is 4.79 Å². The van der Waals surface area contributed by atoms with E-state index in [0.29, 0.717) is 12.2 Å². The lowest BCUT2D eigenvalue weighted by molar-refractivity contribution is 0.0754. The van der Waals surface area contributed by atoms with Crippen molar-refractivity contribution in [2.75, 3.05) is 13.1 Å². The number of aromatic nitrogens is 2. The molecule has 1 heterocycles. The van der Waals surface area contributed by atoms with Crippen LogP contribution in [0.3, 0.4) is 0 Å². The van der Waals surface area contributed by atoms with Crippen molar-refractivity contribution in [3.05, 3.63) is 71.8 Å². The van der Waals surface area contributed by atoms with E-state index in [1.54, 1.807) is 12.5 Å². The zero-order valence-electron chi connectivity index (χ0n) is 17.3. The molecular weight excluding hydrogens is 346 g/mol. The van der Waals surface area contributed by atoms with Gasteiger partial charge in [-0.1, -0.05) is 54.8 Å².